The third-order valence-corrected chi connectivity index (χ3v) is 4.30. The highest BCUT2D eigenvalue weighted by molar-refractivity contribution is 8.13. The zero-order valence-electron chi connectivity index (χ0n) is 16.5. The molecule has 0 aliphatic heterocycles. The van der Waals surface area contributed by atoms with E-state index in [0.717, 1.165) is 17.9 Å². The lowest BCUT2D eigenvalue weighted by Gasteiger charge is -2.07. The number of para-hydroxylation sites is 1. The number of carbonyl (C=O) groups excluding carboxylic acids is 1. The molecule has 3 rings (SSSR count). The molecule has 3 nitrogen and oxygen atoms in total. The predicted octanol–water partition coefficient (Wildman–Crippen LogP) is 5.62. The molecule has 26 heavy (non-hydrogen) atoms. The van der Waals surface area contributed by atoms with Crippen molar-refractivity contribution < 1.29 is 4.79 Å². The molecule has 0 atom stereocenters. The molecule has 1 heterocycles. The molecule has 140 valence electrons. The minimum Gasteiger partial charge on any atom is -0.361 e. The molecule has 0 aliphatic carbocycles. The summed E-state index contributed by atoms with van der Waals surface area (Å²) in [6, 6.07) is 18.1. The summed E-state index contributed by atoms with van der Waals surface area (Å²) in [4.78, 5) is 17.1. The van der Waals surface area contributed by atoms with Crippen LogP contribution in [0.2, 0.25) is 0 Å². The number of likely N-dealkylation sites (N-methyl/N-ethyl adjacent to an activating group) is 1. The van der Waals surface area contributed by atoms with Crippen LogP contribution in [0.1, 0.15) is 26.3 Å². The van der Waals surface area contributed by atoms with Crippen LogP contribution in [0.4, 0.5) is 0 Å². The normalized spacial score (nSPS) is 9.92. The monoisotopic (exact) mass is 370 g/mol. The molecule has 0 saturated carbocycles. The first kappa shape index (κ1) is 22.0. The van der Waals surface area contributed by atoms with E-state index < -0.39 is 0 Å². The van der Waals surface area contributed by atoms with Gasteiger partial charge >= 0.3 is 0 Å². The first-order valence-corrected chi connectivity index (χ1v) is 9.81. The molecule has 4 heteroatoms. The predicted molar refractivity (Wildman–Crippen MR) is 115 cm³/mol. The number of aromatic amines is 1. The molecule has 0 aliphatic rings. The molecular weight excluding hydrogens is 340 g/mol. The van der Waals surface area contributed by atoms with Crippen LogP contribution in [-0.4, -0.2) is 35.6 Å². The molecule has 0 fully saturated rings. The largest absolute Gasteiger partial charge is 0.361 e. The van der Waals surface area contributed by atoms with Gasteiger partial charge in [-0.1, -0.05) is 62.0 Å². The van der Waals surface area contributed by atoms with Crippen LogP contribution in [0.25, 0.3) is 10.9 Å². The van der Waals surface area contributed by atoms with Crippen molar-refractivity contribution in [2.45, 2.75) is 32.1 Å². The molecule has 1 N–H and O–H groups in total. The fourth-order valence-electron chi connectivity index (χ4n) is 2.34. The van der Waals surface area contributed by atoms with Crippen LogP contribution in [0.15, 0.2) is 65.7 Å². The number of fused-ring (bicyclic) bond motifs is 1. The van der Waals surface area contributed by atoms with Crippen LogP contribution in [0.5, 0.6) is 0 Å². The first-order valence-electron chi connectivity index (χ1n) is 8.99. The lowest BCUT2D eigenvalue weighted by Crippen LogP contribution is -2.14. The summed E-state index contributed by atoms with van der Waals surface area (Å²) < 4.78 is 0. The molecule has 0 radical (unpaired) electrons. The number of benzene rings is 2. The summed E-state index contributed by atoms with van der Waals surface area (Å²) in [5, 5.41) is 1.49. The Balaban J connectivity index is 0.000000249. The minimum atomic E-state index is 0.131. The lowest BCUT2D eigenvalue weighted by molar-refractivity contribution is -0.109. The summed E-state index contributed by atoms with van der Waals surface area (Å²) in [7, 11) is 4.21. The molecule has 0 saturated heterocycles. The van der Waals surface area contributed by atoms with Gasteiger partial charge in [0.25, 0.3) is 0 Å². The smallest absolute Gasteiger partial charge is 0.190 e. The number of H-pyrrole nitrogens is 1. The summed E-state index contributed by atoms with van der Waals surface area (Å²) in [5.74, 6) is 0. The van der Waals surface area contributed by atoms with Gasteiger partial charge in [-0.25, -0.2) is 0 Å². The van der Waals surface area contributed by atoms with Gasteiger partial charge in [0.2, 0.25) is 0 Å². The van der Waals surface area contributed by atoms with Gasteiger partial charge in [0, 0.05) is 35.5 Å². The minimum absolute atomic E-state index is 0.131. The third-order valence-electron chi connectivity index (χ3n) is 3.51. The Labute approximate surface area is 161 Å². The molecule has 0 spiro atoms. The van der Waals surface area contributed by atoms with E-state index in [4.69, 9.17) is 0 Å². The summed E-state index contributed by atoms with van der Waals surface area (Å²) >= 11 is 1.26. The number of thioether (sulfide) groups is 1. The number of carbonyl (C=O) groups is 1. The fourth-order valence-corrected chi connectivity index (χ4v) is 2.96. The Bertz CT molecular complexity index is 766. The Morgan fingerprint density at radius 1 is 1.00 bits per heavy atom. The summed E-state index contributed by atoms with van der Waals surface area (Å²) in [5.41, 5.74) is 2.65. The fraction of sp³-hybridized carbons (Fsp3) is 0.318. The van der Waals surface area contributed by atoms with E-state index in [2.05, 4.69) is 54.4 Å². The van der Waals surface area contributed by atoms with Crippen LogP contribution in [0.3, 0.4) is 0 Å². The van der Waals surface area contributed by atoms with E-state index in [-0.39, 0.29) is 5.12 Å². The molecule has 1 aromatic heterocycles. The maximum Gasteiger partial charge on any atom is 0.190 e. The van der Waals surface area contributed by atoms with Gasteiger partial charge in [0.15, 0.2) is 5.12 Å². The Kier molecular flexibility index (Phi) is 10.4. The Morgan fingerprint density at radius 3 is 2.23 bits per heavy atom. The van der Waals surface area contributed by atoms with Crippen molar-refractivity contribution in [3.8, 4) is 0 Å². The van der Waals surface area contributed by atoms with Gasteiger partial charge in [0.1, 0.15) is 0 Å². The number of nitrogens with zero attached hydrogens (tertiary/aromatic N) is 1. The lowest BCUT2D eigenvalue weighted by atomic mass is 10.1. The highest BCUT2D eigenvalue weighted by Crippen LogP contribution is 2.18. The van der Waals surface area contributed by atoms with E-state index in [0.29, 0.717) is 0 Å². The van der Waals surface area contributed by atoms with Crippen molar-refractivity contribution >= 4 is 27.8 Å². The van der Waals surface area contributed by atoms with E-state index in [1.54, 1.807) is 6.92 Å². The average molecular weight is 371 g/mol. The van der Waals surface area contributed by atoms with E-state index in [9.17, 15) is 4.79 Å². The summed E-state index contributed by atoms with van der Waals surface area (Å²) in [6.07, 6.45) is 3.23. The van der Waals surface area contributed by atoms with Crippen molar-refractivity contribution in [1.29, 1.82) is 0 Å². The average Bonchev–Trinajstić information content (AvgIpc) is 3.06. The van der Waals surface area contributed by atoms with E-state index in [1.807, 2.05) is 44.2 Å². The van der Waals surface area contributed by atoms with Gasteiger partial charge < -0.3 is 9.88 Å². The van der Waals surface area contributed by atoms with Crippen molar-refractivity contribution in [2.75, 3.05) is 20.6 Å². The van der Waals surface area contributed by atoms with Crippen molar-refractivity contribution in [1.82, 2.24) is 9.88 Å². The second-order valence-corrected chi connectivity index (χ2v) is 7.07. The molecule has 3 aromatic rings. The number of aromatic nitrogens is 1. The Hall–Kier alpha value is -2.04. The molecule has 0 unspecified atom stereocenters. The van der Waals surface area contributed by atoms with Crippen molar-refractivity contribution in [2.24, 2.45) is 0 Å². The summed E-state index contributed by atoms with van der Waals surface area (Å²) in [6.45, 7) is 6.67. The van der Waals surface area contributed by atoms with Gasteiger partial charge in [-0.3, -0.25) is 4.79 Å². The SMILES string of the molecule is CC.CC(=O)Sc1ccccc1.CN(C)CCc1c[nH]c2ccccc12. The number of nitrogens with one attached hydrogen (secondary N) is 1. The number of hydrogen-bond donors (Lipinski definition) is 1. The molecular formula is C22H30N2OS. The van der Waals surface area contributed by atoms with Crippen LogP contribution >= 0.6 is 11.8 Å². The van der Waals surface area contributed by atoms with Crippen LogP contribution in [0, 0.1) is 0 Å². The van der Waals surface area contributed by atoms with Gasteiger partial charge in [0.05, 0.1) is 0 Å². The highest BCUT2D eigenvalue weighted by atomic mass is 32.2. The van der Waals surface area contributed by atoms with E-state index in [1.165, 1.54) is 28.2 Å². The second kappa shape index (κ2) is 12.3. The molecule has 0 amide bonds. The maximum atomic E-state index is 10.6. The van der Waals surface area contributed by atoms with E-state index >= 15 is 0 Å². The zero-order chi connectivity index (χ0) is 19.4. The highest BCUT2D eigenvalue weighted by Gasteiger charge is 2.02. The number of rotatable bonds is 4. The Morgan fingerprint density at radius 2 is 1.62 bits per heavy atom. The van der Waals surface area contributed by atoms with Gasteiger partial charge in [-0.2, -0.15) is 0 Å². The topological polar surface area (TPSA) is 36.1 Å². The quantitative estimate of drug-likeness (QED) is 0.605. The van der Waals surface area contributed by atoms with Crippen molar-refractivity contribution in [3.63, 3.8) is 0 Å². The molecule has 2 aromatic carbocycles. The first-order chi connectivity index (χ1) is 12.6. The maximum absolute atomic E-state index is 10.6. The third kappa shape index (κ3) is 7.89. The van der Waals surface area contributed by atoms with Gasteiger partial charge in [-0.05, 0) is 44.3 Å². The van der Waals surface area contributed by atoms with Crippen molar-refractivity contribution in [3.05, 3.63) is 66.4 Å². The second-order valence-electron chi connectivity index (χ2n) is 5.82. The standard InChI is InChI=1S/C12H16N2.C8H8OS.C2H6/c1-14(2)8-7-10-9-13-12-6-4-3-5-11(10)12;1-7(9)10-8-5-3-2-4-6-8;1-2/h3-6,9,13H,7-8H2,1-2H3;2-6H,1H3;1-2H3. The molecule has 0 bridgehead atoms. The number of hydrogen-bond acceptors (Lipinski definition) is 3. The van der Waals surface area contributed by atoms with Gasteiger partial charge in [-0.15, -0.1) is 0 Å². The van der Waals surface area contributed by atoms with Crippen LogP contribution in [-0.2, 0) is 11.2 Å². The van der Waals surface area contributed by atoms with Crippen LogP contribution < -0.4 is 0 Å². The zero-order valence-corrected chi connectivity index (χ0v) is 17.3.